The van der Waals surface area contributed by atoms with Crippen LogP contribution in [-0.4, -0.2) is 18.3 Å². The fourth-order valence-corrected chi connectivity index (χ4v) is 17.3. The molecule has 0 atom stereocenters. The van der Waals surface area contributed by atoms with E-state index in [0.717, 1.165) is 128 Å². The van der Waals surface area contributed by atoms with E-state index in [1.54, 1.807) is 0 Å². The third-order valence-electron chi connectivity index (χ3n) is 21.5. The zero-order chi connectivity index (χ0) is 66.7. The Kier molecular flexibility index (Phi) is 12.1. The second-order valence-corrected chi connectivity index (χ2v) is 27.0. The van der Waals surface area contributed by atoms with Crippen LogP contribution in [-0.2, 0) is 0 Å². The molecule has 0 saturated carbocycles. The van der Waals surface area contributed by atoms with E-state index < -0.39 is 0 Å². The molecule has 0 saturated heterocycles. The van der Waals surface area contributed by atoms with E-state index in [0.29, 0.717) is 0 Å². The molecule has 474 valence electrons. The first-order valence-corrected chi connectivity index (χ1v) is 35.0. The van der Waals surface area contributed by atoms with Crippen molar-refractivity contribution in [1.29, 1.82) is 0 Å². The molecule has 0 aliphatic carbocycles. The van der Waals surface area contributed by atoms with Crippen LogP contribution in [0.25, 0.3) is 209 Å². The van der Waals surface area contributed by atoms with E-state index in [1.165, 1.54) is 81.8 Å². The Labute approximate surface area is 584 Å². The Balaban J connectivity index is 0.715. The molecule has 0 spiro atoms. The number of nitrogens with zero attached hydrogens (tertiary/aromatic N) is 4. The molecule has 6 heteroatoms. The Morgan fingerprint density at radius 3 is 1.21 bits per heavy atom. The van der Waals surface area contributed by atoms with E-state index in [4.69, 9.17) is 8.83 Å². The molecule has 6 aromatic heterocycles. The monoisotopic (exact) mass is 1300 g/mol. The second kappa shape index (κ2) is 21.9. The largest absolute Gasteiger partial charge is 0.456 e. The van der Waals surface area contributed by atoms with Crippen LogP contribution in [0, 0.1) is 0 Å². The van der Waals surface area contributed by atoms with E-state index in [2.05, 4.69) is 358 Å². The van der Waals surface area contributed by atoms with Gasteiger partial charge in [-0.05, 0) is 154 Å². The molecule has 16 aromatic carbocycles. The Morgan fingerprint density at radius 1 is 0.176 bits per heavy atom. The van der Waals surface area contributed by atoms with Gasteiger partial charge in [0.2, 0.25) is 0 Å². The van der Waals surface area contributed by atoms with Crippen molar-refractivity contribution in [2.45, 2.75) is 0 Å². The normalized spacial score (nSPS) is 12.1. The fraction of sp³-hybridized carbons (Fsp3) is 0. The van der Waals surface area contributed by atoms with Gasteiger partial charge in [-0.3, -0.25) is 0 Å². The van der Waals surface area contributed by atoms with Crippen molar-refractivity contribution < 1.29 is 8.83 Å². The van der Waals surface area contributed by atoms with Crippen LogP contribution in [0.4, 0.5) is 0 Å². The molecule has 0 N–H and O–H groups in total. The van der Waals surface area contributed by atoms with Crippen LogP contribution in [0.5, 0.6) is 0 Å². The van der Waals surface area contributed by atoms with Crippen molar-refractivity contribution in [3.8, 4) is 78.4 Å². The lowest BCUT2D eigenvalue weighted by molar-refractivity contribution is 0.669. The first-order chi connectivity index (χ1) is 50.6. The number of benzene rings is 16. The summed E-state index contributed by atoms with van der Waals surface area (Å²) in [7, 11) is 0. The minimum atomic E-state index is 0.838. The molecular formula is C96H58N4O2. The molecule has 6 heterocycles. The number of hydrogen-bond donors (Lipinski definition) is 0. The van der Waals surface area contributed by atoms with Crippen LogP contribution >= 0.6 is 0 Å². The number of rotatable bonds is 9. The highest BCUT2D eigenvalue weighted by Gasteiger charge is 2.26. The van der Waals surface area contributed by atoms with Gasteiger partial charge in [-0.2, -0.15) is 0 Å². The maximum Gasteiger partial charge on any atom is 0.143 e. The van der Waals surface area contributed by atoms with Crippen LogP contribution in [0.1, 0.15) is 0 Å². The van der Waals surface area contributed by atoms with Gasteiger partial charge in [-0.25, -0.2) is 0 Å². The van der Waals surface area contributed by atoms with Gasteiger partial charge in [-0.1, -0.05) is 237 Å². The van der Waals surface area contributed by atoms with Crippen molar-refractivity contribution in [2.24, 2.45) is 0 Å². The number of fused-ring (bicyclic) bond motifs is 18. The number of hydrogen-bond acceptors (Lipinski definition) is 2. The molecule has 0 aliphatic rings. The van der Waals surface area contributed by atoms with Gasteiger partial charge in [0.15, 0.2) is 0 Å². The Hall–Kier alpha value is -13.7. The average Bonchev–Trinajstić information content (AvgIpc) is 1.55. The molecule has 0 bridgehead atoms. The number of para-hydroxylation sites is 9. The summed E-state index contributed by atoms with van der Waals surface area (Å²) in [6.45, 7) is 0. The lowest BCUT2D eigenvalue weighted by atomic mass is 9.95. The van der Waals surface area contributed by atoms with Crippen LogP contribution in [0.3, 0.4) is 0 Å². The van der Waals surface area contributed by atoms with Gasteiger partial charge < -0.3 is 27.1 Å². The smallest absolute Gasteiger partial charge is 0.143 e. The van der Waals surface area contributed by atoms with Crippen molar-refractivity contribution in [3.63, 3.8) is 0 Å². The summed E-state index contributed by atoms with van der Waals surface area (Å²) in [5, 5.41) is 14.0. The number of furan rings is 2. The third kappa shape index (κ3) is 8.23. The summed E-state index contributed by atoms with van der Waals surface area (Å²) < 4.78 is 23.3. The fourth-order valence-electron chi connectivity index (χ4n) is 17.3. The van der Waals surface area contributed by atoms with Crippen molar-refractivity contribution >= 4 is 131 Å². The summed E-state index contributed by atoms with van der Waals surface area (Å²) in [6.07, 6.45) is 0. The minimum Gasteiger partial charge on any atom is -0.456 e. The SMILES string of the molecule is c1ccc(-n2c3ccccc3c3c(-c4cccc5c6ccccc6n(-c6cccc(-c7cccc8c7oc7ccc(-c9cccc%10c9c9cccc(-c%11cccc%12c%11c%11ccccc%11n%12-c%11ccccc%11)c9n%10-c9cccc(-c%10ccc%11oc%12ccccc%12c%11c%10)c9)cc78)c6)c45)cccc32)cc1. The first kappa shape index (κ1) is 56.3. The molecule has 22 rings (SSSR count). The van der Waals surface area contributed by atoms with Gasteiger partial charge >= 0.3 is 0 Å². The van der Waals surface area contributed by atoms with Crippen molar-refractivity contribution in [3.05, 3.63) is 352 Å². The lowest BCUT2D eigenvalue weighted by Gasteiger charge is -2.14. The van der Waals surface area contributed by atoms with Crippen LogP contribution < -0.4 is 0 Å². The van der Waals surface area contributed by atoms with E-state index in [9.17, 15) is 0 Å². The molecule has 22 aromatic rings. The predicted molar refractivity (Wildman–Crippen MR) is 426 cm³/mol. The molecule has 0 unspecified atom stereocenters. The van der Waals surface area contributed by atoms with Crippen LogP contribution in [0.2, 0.25) is 0 Å². The average molecular weight is 1300 g/mol. The standard InChI is InChI=1S/C96H58N4O2/c1-3-25-63(26-4-1)97-83-45-12-8-33-77(83)92-71(37-21-47-85(92)97)74-40-18-39-73-69-31-7-11-44-82(69)99(94(73)74)66-30-16-24-61(56-66)68-36-17-42-76-81-58-62(52-54-90(81)102-96(68)76)67-35-20-49-87-91(67)79-43-19-41-75(72-38-22-48-86-93(72)78-34-9-13-46-84(78)98(86)64-27-5-2-6-28-64)95(79)100(87)65-29-15-23-59(55-65)60-51-53-89-80(57-60)70-32-10-14-50-88(70)101-89/h1-58H. The van der Waals surface area contributed by atoms with E-state index >= 15 is 0 Å². The zero-order valence-corrected chi connectivity index (χ0v) is 55.1. The number of aromatic nitrogens is 4. The third-order valence-corrected chi connectivity index (χ3v) is 21.5. The molecular weight excluding hydrogens is 1240 g/mol. The first-order valence-electron chi connectivity index (χ1n) is 35.0. The highest BCUT2D eigenvalue weighted by atomic mass is 16.3. The molecule has 0 fully saturated rings. The summed E-state index contributed by atoms with van der Waals surface area (Å²) >= 11 is 0. The summed E-state index contributed by atoms with van der Waals surface area (Å²) in [4.78, 5) is 0. The summed E-state index contributed by atoms with van der Waals surface area (Å²) in [5.41, 5.74) is 28.4. The maximum atomic E-state index is 7.13. The van der Waals surface area contributed by atoms with Crippen molar-refractivity contribution in [1.82, 2.24) is 18.3 Å². The van der Waals surface area contributed by atoms with Gasteiger partial charge in [0.1, 0.15) is 22.3 Å². The molecule has 0 aliphatic heterocycles. The van der Waals surface area contributed by atoms with Crippen molar-refractivity contribution in [2.75, 3.05) is 0 Å². The van der Waals surface area contributed by atoms with E-state index in [1.807, 2.05) is 12.1 Å². The summed E-state index contributed by atoms with van der Waals surface area (Å²) in [6, 6.07) is 129. The highest BCUT2D eigenvalue weighted by Crippen LogP contribution is 2.49. The van der Waals surface area contributed by atoms with Gasteiger partial charge in [0.25, 0.3) is 0 Å². The Morgan fingerprint density at radius 2 is 0.549 bits per heavy atom. The zero-order valence-electron chi connectivity index (χ0n) is 55.1. The van der Waals surface area contributed by atoms with Gasteiger partial charge in [0, 0.05) is 104 Å². The predicted octanol–water partition coefficient (Wildman–Crippen LogP) is 26.2. The van der Waals surface area contributed by atoms with Crippen LogP contribution in [0.15, 0.2) is 361 Å². The maximum absolute atomic E-state index is 7.13. The minimum absolute atomic E-state index is 0.838. The Bertz CT molecular complexity index is 7250. The van der Waals surface area contributed by atoms with Gasteiger partial charge in [0.05, 0.1) is 44.1 Å². The topological polar surface area (TPSA) is 46.0 Å². The lowest BCUT2D eigenvalue weighted by Crippen LogP contribution is -1.96. The molecule has 0 radical (unpaired) electrons. The quantitative estimate of drug-likeness (QED) is 0.145. The summed E-state index contributed by atoms with van der Waals surface area (Å²) in [5.74, 6) is 0. The molecule has 102 heavy (non-hydrogen) atoms. The molecule has 0 amide bonds. The van der Waals surface area contributed by atoms with E-state index in [-0.39, 0.29) is 0 Å². The molecule has 6 nitrogen and oxygen atoms in total. The van der Waals surface area contributed by atoms with Gasteiger partial charge in [-0.15, -0.1) is 0 Å². The second-order valence-electron chi connectivity index (χ2n) is 27.0. The highest BCUT2D eigenvalue weighted by molar-refractivity contribution is 6.25.